The van der Waals surface area contributed by atoms with Crippen molar-refractivity contribution < 1.29 is 117 Å². The molecule has 718 valence electrons. The van der Waals surface area contributed by atoms with Crippen molar-refractivity contribution in [1.82, 2.24) is 107 Å². The molecule has 12 heterocycles. The van der Waals surface area contributed by atoms with Crippen LogP contribution in [0.25, 0.3) is 55.8 Å². The Balaban J connectivity index is 0.662. The molecule has 1 aliphatic rings. The molecule has 0 bridgehead atoms. The Bertz CT molecular complexity index is 7410. The maximum atomic E-state index is 14.7. The van der Waals surface area contributed by atoms with Crippen LogP contribution < -0.4 is 77.2 Å². The van der Waals surface area contributed by atoms with Gasteiger partial charge >= 0.3 is 44.8 Å². The van der Waals surface area contributed by atoms with Crippen LogP contribution in [0.5, 0.6) is 11.5 Å². The Morgan fingerprint density at radius 2 is 0.763 bits per heavy atom. The number of aryl methyl sites for hydroxylation is 1. The molecule has 13 atom stereocenters. The summed E-state index contributed by atoms with van der Waals surface area (Å²) in [5, 5.41) is 11.0. The number of phosphoric ester groups is 5. The first-order valence-corrected chi connectivity index (χ1v) is 47.2. The molecule has 1 fully saturated rings. The SMILES string of the molecule is Cc1cn([C@H]2C[C@H](OP(=O)(O)OC[C@H](Cn3cnc4c(=O)[nH]c(N)nc43)OP(=O)(O)OC[C@H](Cn3cnc4c(=O)[nH]c(N)nc43)OP(=O)(O)OC[C@H](Cn3cnc4c(=O)[nH]c(N)nc43)OP(=O)(O)OC[C@H](Cn3cnc4c(=O)[nH]c(N)nc43)OP(=O)(O)OC[C@@H](O)Cn3cnc4c(=O)[nH]c(N)nc43)[C@@H](COCc3ccc(OCc4ccccc4)c(OCc4ccccc4)c3)O2)c(=O)[nH]c1=O. The van der Waals surface area contributed by atoms with E-state index in [0.29, 0.717) is 17.1 Å². The Kier molecular flexibility index (Phi) is 29.2. The highest BCUT2D eigenvalue weighted by molar-refractivity contribution is 7.48. The molecule has 5 unspecified atom stereocenters. The monoisotopic (exact) mass is 1980 g/mol. The number of aliphatic hydroxyl groups excluding tert-OH is 1. The number of phosphoric acid groups is 5. The second-order valence-electron chi connectivity index (χ2n) is 29.8. The Hall–Kier alpha value is -12.9. The molecular weight excluding hydrogens is 1900 g/mol. The van der Waals surface area contributed by atoms with Crippen LogP contribution in [-0.4, -0.2) is 219 Å². The van der Waals surface area contributed by atoms with E-state index in [9.17, 15) is 86.0 Å². The number of nitrogens with zero attached hydrogens (tertiary/aromatic N) is 16. The molecule has 0 saturated carbocycles. The zero-order valence-electron chi connectivity index (χ0n) is 69.8. The van der Waals surface area contributed by atoms with Gasteiger partial charge in [-0.15, -0.1) is 0 Å². The summed E-state index contributed by atoms with van der Waals surface area (Å²) < 4.78 is 158. The van der Waals surface area contributed by atoms with Gasteiger partial charge < -0.3 is 100 Å². The number of fused-ring (bicyclic) bond motifs is 5. The van der Waals surface area contributed by atoms with E-state index in [1.807, 2.05) is 60.7 Å². The first-order valence-electron chi connectivity index (χ1n) is 39.7. The van der Waals surface area contributed by atoms with Crippen LogP contribution >= 0.6 is 39.1 Å². The van der Waals surface area contributed by atoms with Gasteiger partial charge in [0, 0.05) is 18.2 Å². The Labute approximate surface area is 751 Å². The predicted octanol–water partition coefficient (Wildman–Crippen LogP) is -0.0438. The van der Waals surface area contributed by atoms with Gasteiger partial charge in [0.1, 0.15) is 56.1 Å². The van der Waals surface area contributed by atoms with Crippen molar-refractivity contribution in [1.29, 1.82) is 0 Å². The Morgan fingerprint density at radius 3 is 1.13 bits per heavy atom. The number of benzene rings is 3. The molecule has 3 aromatic carbocycles. The lowest BCUT2D eigenvalue weighted by atomic mass is 10.2. The van der Waals surface area contributed by atoms with Gasteiger partial charge in [-0.3, -0.25) is 108 Å². The molecule has 0 spiro atoms. The third kappa shape index (κ3) is 24.6. The van der Waals surface area contributed by atoms with Gasteiger partial charge in [-0.05, 0) is 35.7 Å². The van der Waals surface area contributed by atoms with Crippen molar-refractivity contribution >= 4 is 125 Å². The van der Waals surface area contributed by atoms with Crippen LogP contribution in [0, 0.1) is 6.92 Å². The van der Waals surface area contributed by atoms with Crippen LogP contribution in [0.4, 0.5) is 29.7 Å². The molecule has 0 aliphatic carbocycles. The van der Waals surface area contributed by atoms with E-state index < -0.39 is 235 Å². The number of hydrogen-bond donors (Lipinski definition) is 17. The van der Waals surface area contributed by atoms with Crippen LogP contribution in [0.3, 0.4) is 0 Å². The van der Waals surface area contributed by atoms with Gasteiger partial charge in [0.2, 0.25) is 29.7 Å². The van der Waals surface area contributed by atoms with E-state index in [4.69, 9.17) is 92.9 Å². The lowest BCUT2D eigenvalue weighted by molar-refractivity contribution is -0.0674. The lowest BCUT2D eigenvalue weighted by Crippen LogP contribution is -2.33. The fourth-order valence-corrected chi connectivity index (χ4v) is 18.3. The molecule has 22 N–H and O–H groups in total. The molecule has 14 aromatic rings. The van der Waals surface area contributed by atoms with Crippen molar-refractivity contribution in [3.63, 3.8) is 0 Å². The van der Waals surface area contributed by atoms with Gasteiger partial charge in [0.05, 0.1) is 117 Å². The first-order chi connectivity index (χ1) is 64.2. The van der Waals surface area contributed by atoms with E-state index in [1.165, 1.54) is 17.7 Å². The third-order valence-electron chi connectivity index (χ3n) is 19.7. The zero-order chi connectivity index (χ0) is 96.0. The first kappa shape index (κ1) is 96.7. The van der Waals surface area contributed by atoms with Gasteiger partial charge in [0.25, 0.3) is 33.4 Å². The number of aromatic amines is 6. The average molecular weight is 1980 g/mol. The van der Waals surface area contributed by atoms with E-state index in [0.717, 1.165) is 65.6 Å². The maximum Gasteiger partial charge on any atom is 0.472 e. The van der Waals surface area contributed by atoms with Crippen molar-refractivity contribution in [2.75, 3.05) is 68.3 Å². The largest absolute Gasteiger partial charge is 0.485 e. The van der Waals surface area contributed by atoms with Crippen LogP contribution in [-0.2, 0) is 130 Å². The number of imidazole rings is 5. The summed E-state index contributed by atoms with van der Waals surface area (Å²) >= 11 is 0. The second kappa shape index (κ2) is 40.7. The minimum Gasteiger partial charge on any atom is -0.485 e. The van der Waals surface area contributed by atoms with E-state index in [1.54, 1.807) is 18.2 Å². The molecule has 0 radical (unpaired) electrons. The fourth-order valence-electron chi connectivity index (χ4n) is 13.7. The van der Waals surface area contributed by atoms with Crippen molar-refractivity contribution in [3.05, 3.63) is 212 Å². The van der Waals surface area contributed by atoms with Crippen molar-refractivity contribution in [2.24, 2.45) is 0 Å². The van der Waals surface area contributed by atoms with Crippen molar-refractivity contribution in [3.8, 4) is 11.5 Å². The zero-order valence-corrected chi connectivity index (χ0v) is 74.2. The Morgan fingerprint density at radius 1 is 0.422 bits per heavy atom. The third-order valence-corrected chi connectivity index (χ3v) is 24.8. The van der Waals surface area contributed by atoms with E-state index >= 15 is 0 Å². The van der Waals surface area contributed by atoms with Gasteiger partial charge in [-0.1, -0.05) is 66.7 Å². The minimum absolute atomic E-state index is 0.0691. The predicted molar refractivity (Wildman–Crippen MR) is 464 cm³/mol. The number of nitrogen functional groups attached to an aromatic ring is 5. The molecule has 0 amide bonds. The average Bonchev–Trinajstić information content (AvgIpc) is 1.69. The van der Waals surface area contributed by atoms with E-state index in [-0.39, 0.29) is 81.6 Å². The van der Waals surface area contributed by atoms with Gasteiger partial charge in [0.15, 0.2) is 67.3 Å². The summed E-state index contributed by atoms with van der Waals surface area (Å²) in [5.41, 5.74) is 22.6. The highest BCUT2D eigenvalue weighted by Gasteiger charge is 2.44. The minimum atomic E-state index is -5.92. The quantitative estimate of drug-likeness (QED) is 0.0223. The number of H-pyrrole nitrogens is 6. The summed E-state index contributed by atoms with van der Waals surface area (Å²) in [5.74, 6) is -1.43. The number of nitrogens with two attached hydrogens (primary N) is 5. The standard InChI is InChI=1S/C71H82N27O32P5/c1-36-16-98(71(106)92-60(36)100)49-15-47(48(125-49)30-117-22-39-12-13-45(118-23-37-8-4-2-5-9-37)46(14-39)119-24-38-10-6-3-7-11-38)130-135(115,116)124-29-44(21-97-35-81-54-59(97)86-70(76)91-65(54)105)129-134(113,114)123-28-43(20-96-34-80-53-58(96)85-69(75)90-64(53)104)128-133(111,112)122-27-42(19-95-33-79-52-57(95)84-68(74)89-63(52)103)127-132(109,110)121-26-41(18-94-32-78-51-56(94)83-67(73)88-62(51)102)126-131(107,108)120-25-40(99)17-93-31-77-50-55(93)82-66(72)87-61(50)101/h2-14,16,31-35,40-44,47-49,99H,15,17-30H2,1H3,(H,107,108)(H,109,110)(H,111,112)(H,113,114)(H,115,116)(H,92,100,106)(H3,72,82,87,101)(H3,73,83,88,102)(H3,74,84,89,103)(H3,75,85,90,104)(H3,76,86,91,105)/t40-,41-,42-,43-,44-,47-,48+,49+/m0/s1. The molecule has 15 rings (SSSR count). The highest BCUT2D eigenvalue weighted by Crippen LogP contribution is 2.53. The van der Waals surface area contributed by atoms with Crippen LogP contribution in [0.1, 0.15) is 34.9 Å². The number of anilines is 5. The van der Waals surface area contributed by atoms with Gasteiger partial charge in [-0.2, -0.15) is 24.9 Å². The smallest absolute Gasteiger partial charge is 0.472 e. The van der Waals surface area contributed by atoms with Crippen molar-refractivity contribution in [2.45, 2.75) is 115 Å². The summed E-state index contributed by atoms with van der Waals surface area (Å²) in [6.45, 7) is -8.97. The molecular formula is C71H82N27O32P5. The molecule has 11 aromatic heterocycles. The lowest BCUT2D eigenvalue weighted by Gasteiger charge is -2.26. The normalized spacial score (nSPS) is 17.7. The number of nitrogens with one attached hydrogen (secondary N) is 6. The number of ether oxygens (including phenoxy) is 4. The second-order valence-corrected chi connectivity index (χ2v) is 36.8. The number of aromatic nitrogens is 22. The summed E-state index contributed by atoms with van der Waals surface area (Å²) in [7, 11) is -28.7. The molecule has 1 aliphatic heterocycles. The maximum absolute atomic E-state index is 14.7. The topological polar surface area (TPSA) is 839 Å². The number of aliphatic hydroxyl groups is 1. The molecule has 59 nitrogen and oxygen atoms in total. The fraction of sp³-hybridized carbons (Fsp3) is 0.338. The number of rotatable bonds is 46. The number of hydrogen-bond acceptors (Lipinski definition) is 42. The van der Waals surface area contributed by atoms with Crippen LogP contribution in [0.15, 0.2) is 150 Å². The molecule has 64 heteroatoms. The summed E-state index contributed by atoms with van der Waals surface area (Å²) in [6.07, 6.45) is -8.45. The summed E-state index contributed by atoms with van der Waals surface area (Å²) in [6, 6.07) is 23.8. The van der Waals surface area contributed by atoms with Gasteiger partial charge in [-0.25, -0.2) is 52.5 Å². The highest BCUT2D eigenvalue weighted by atomic mass is 31.2. The summed E-state index contributed by atoms with van der Waals surface area (Å²) in [4.78, 5) is 202. The van der Waals surface area contributed by atoms with Crippen LogP contribution in [0.2, 0.25) is 0 Å². The van der Waals surface area contributed by atoms with E-state index in [2.05, 4.69) is 79.7 Å². The molecule has 135 heavy (non-hydrogen) atoms. The molecule has 1 saturated heterocycles.